The van der Waals surface area contributed by atoms with E-state index in [1.54, 1.807) is 0 Å². The first-order valence-electron chi connectivity index (χ1n) is 2.99. The van der Waals surface area contributed by atoms with Crippen molar-refractivity contribution < 1.29 is 0 Å². The van der Waals surface area contributed by atoms with E-state index in [4.69, 9.17) is 5.73 Å². The molecule has 0 spiro atoms. The largest absolute Gasteiger partial charge is 0.372 e. The van der Waals surface area contributed by atoms with Crippen LogP contribution < -0.4 is 10.4 Å². The summed E-state index contributed by atoms with van der Waals surface area (Å²) in [4.78, 5) is 0. The molecule has 0 radical (unpaired) electrons. The van der Waals surface area contributed by atoms with Crippen LogP contribution in [0, 0.1) is 0 Å². The van der Waals surface area contributed by atoms with E-state index < -0.39 is 0 Å². The van der Waals surface area contributed by atoms with Crippen LogP contribution in [0.5, 0.6) is 0 Å². The molecule has 1 rings (SSSR count). The third-order valence-corrected chi connectivity index (χ3v) is 1.24. The molecule has 2 heteroatoms. The fourth-order valence-electron chi connectivity index (χ4n) is 0.700. The van der Waals surface area contributed by atoms with Gasteiger partial charge in [0.15, 0.2) is 6.72 Å². The predicted octanol–water partition coefficient (Wildman–Crippen LogP) is 0.160. The fourth-order valence-corrected chi connectivity index (χ4v) is 0.700. The Morgan fingerprint density at radius 1 is 1.30 bits per heavy atom. The summed E-state index contributed by atoms with van der Waals surface area (Å²) in [6, 6.07) is 9.54. The Bertz CT molecular complexity index is 258. The zero-order valence-electron chi connectivity index (χ0n) is 5.62. The summed E-state index contributed by atoms with van der Waals surface area (Å²) in [5, 5.41) is 0. The minimum absolute atomic E-state index is 0.473. The number of nitrogens with zero attached hydrogens (tertiary/aromatic N) is 1. The van der Waals surface area contributed by atoms with Crippen molar-refractivity contribution >= 4 is 12.6 Å². The maximum Gasteiger partial charge on any atom is 0.372 e. The van der Waals surface area contributed by atoms with Gasteiger partial charge in [-0.1, -0.05) is 18.2 Å². The van der Waals surface area contributed by atoms with E-state index in [2.05, 4.69) is 11.4 Å². The minimum Gasteiger partial charge on any atom is -0.273 e. The highest BCUT2D eigenvalue weighted by molar-refractivity contribution is 5.96. The highest BCUT2D eigenvalue weighted by atomic mass is 14.7. The monoisotopic (exact) mass is 133 g/mol. The molecule has 0 unspecified atom stereocenters. The molecule has 2 N–H and O–H groups in total. The van der Waals surface area contributed by atoms with E-state index in [-0.39, 0.29) is 0 Å². The number of rotatable bonds is 1. The maximum absolute atomic E-state index is 5.48. The average Bonchev–Trinajstić information content (AvgIpc) is 2.05. The highest BCUT2D eigenvalue weighted by Crippen LogP contribution is 1.94. The lowest BCUT2D eigenvalue weighted by molar-refractivity contribution is 1.52. The molecule has 0 bridgehead atoms. The maximum atomic E-state index is 5.48. The van der Waals surface area contributed by atoms with Gasteiger partial charge in [0.2, 0.25) is 0 Å². The zero-order valence-corrected chi connectivity index (χ0v) is 5.62. The van der Waals surface area contributed by atoms with Crippen molar-refractivity contribution in [3.05, 3.63) is 35.9 Å². The molecule has 0 amide bonds. The Hall–Kier alpha value is -1.53. The SMILES string of the molecule is C=[N+]=C(N)c1ccccc1. The summed E-state index contributed by atoms with van der Waals surface area (Å²) in [6.45, 7) is 3.32. The molecule has 1 aromatic rings. The van der Waals surface area contributed by atoms with Crippen molar-refractivity contribution in [3.8, 4) is 0 Å². The van der Waals surface area contributed by atoms with E-state index in [1.165, 1.54) is 0 Å². The van der Waals surface area contributed by atoms with Gasteiger partial charge in [-0.05, 0) is 12.1 Å². The third kappa shape index (κ3) is 1.24. The summed E-state index contributed by atoms with van der Waals surface area (Å²) in [6.07, 6.45) is 0. The standard InChI is InChI=1S/C8H8N2/c1-10-8(9)7-5-3-2-4-6-7/h2-6,9H,1H2/p+1. The summed E-state index contributed by atoms with van der Waals surface area (Å²) in [5.74, 6) is 0.473. The van der Waals surface area contributed by atoms with Crippen LogP contribution in [0.4, 0.5) is 0 Å². The first-order valence-corrected chi connectivity index (χ1v) is 2.99. The lowest BCUT2D eigenvalue weighted by Crippen LogP contribution is -2.15. The van der Waals surface area contributed by atoms with Crippen LogP contribution >= 0.6 is 0 Å². The van der Waals surface area contributed by atoms with Crippen LogP contribution in [-0.2, 0) is 0 Å². The van der Waals surface area contributed by atoms with E-state index >= 15 is 0 Å². The number of hydrogen-bond acceptors (Lipinski definition) is 0. The topological polar surface area (TPSA) is 40.1 Å². The summed E-state index contributed by atoms with van der Waals surface area (Å²) in [7, 11) is 0. The quantitative estimate of drug-likeness (QED) is 0.331. The van der Waals surface area contributed by atoms with Crippen molar-refractivity contribution in [2.24, 2.45) is 5.73 Å². The van der Waals surface area contributed by atoms with Gasteiger partial charge in [-0.3, -0.25) is 5.73 Å². The summed E-state index contributed by atoms with van der Waals surface area (Å²) in [5.41, 5.74) is 6.40. The molecule has 0 fully saturated rings. The van der Waals surface area contributed by atoms with Crippen LogP contribution in [0.15, 0.2) is 30.3 Å². The second-order valence-electron chi connectivity index (χ2n) is 1.91. The van der Waals surface area contributed by atoms with E-state index in [0.29, 0.717) is 5.84 Å². The van der Waals surface area contributed by atoms with Crippen LogP contribution in [0.2, 0.25) is 0 Å². The Morgan fingerprint density at radius 3 is 2.40 bits per heavy atom. The molecule has 10 heavy (non-hydrogen) atoms. The van der Waals surface area contributed by atoms with Gasteiger partial charge in [0.1, 0.15) is 0 Å². The molecular formula is C8H9N2+. The van der Waals surface area contributed by atoms with Crippen molar-refractivity contribution in [2.75, 3.05) is 0 Å². The van der Waals surface area contributed by atoms with Crippen molar-refractivity contribution in [1.29, 1.82) is 0 Å². The fraction of sp³-hybridized carbons (Fsp3) is 0. The molecule has 2 nitrogen and oxygen atoms in total. The molecule has 0 atom stereocenters. The number of nitrogens with two attached hydrogens (primary N) is 1. The van der Waals surface area contributed by atoms with E-state index in [9.17, 15) is 0 Å². The van der Waals surface area contributed by atoms with E-state index in [1.807, 2.05) is 30.3 Å². The second kappa shape index (κ2) is 2.85. The molecular weight excluding hydrogens is 124 g/mol. The van der Waals surface area contributed by atoms with Crippen LogP contribution in [0.3, 0.4) is 0 Å². The molecule has 50 valence electrons. The molecule has 0 saturated carbocycles. The highest BCUT2D eigenvalue weighted by Gasteiger charge is 2.00. The predicted molar refractivity (Wildman–Crippen MR) is 44.0 cm³/mol. The van der Waals surface area contributed by atoms with Gasteiger partial charge in [-0.25, -0.2) is 4.67 Å². The third-order valence-electron chi connectivity index (χ3n) is 1.24. The molecule has 0 aliphatic carbocycles. The normalized spacial score (nSPS) is 8.40. The van der Waals surface area contributed by atoms with Crippen molar-refractivity contribution in [3.63, 3.8) is 0 Å². The minimum atomic E-state index is 0.473. The zero-order chi connectivity index (χ0) is 7.40. The van der Waals surface area contributed by atoms with E-state index in [0.717, 1.165) is 5.56 Å². The van der Waals surface area contributed by atoms with Gasteiger partial charge in [0.05, 0.1) is 5.56 Å². The Labute approximate surface area is 59.7 Å². The first-order chi connectivity index (χ1) is 4.84. The van der Waals surface area contributed by atoms with Gasteiger partial charge in [0, 0.05) is 0 Å². The van der Waals surface area contributed by atoms with Crippen molar-refractivity contribution in [2.45, 2.75) is 0 Å². The number of benzene rings is 1. The first kappa shape index (κ1) is 6.59. The lowest BCUT2D eigenvalue weighted by Gasteiger charge is -1.86. The smallest absolute Gasteiger partial charge is 0.273 e. The van der Waals surface area contributed by atoms with Crippen LogP contribution in [-0.4, -0.2) is 12.6 Å². The summed E-state index contributed by atoms with van der Waals surface area (Å²) >= 11 is 0. The Morgan fingerprint density at radius 2 is 1.90 bits per heavy atom. The molecule has 0 saturated heterocycles. The molecule has 0 aliphatic heterocycles. The summed E-state index contributed by atoms with van der Waals surface area (Å²) < 4.78 is 3.60. The molecule has 0 aliphatic rings. The van der Waals surface area contributed by atoms with Crippen LogP contribution in [0.1, 0.15) is 5.56 Å². The molecule has 0 heterocycles. The van der Waals surface area contributed by atoms with Gasteiger partial charge in [-0.15, -0.1) is 0 Å². The Balaban J connectivity index is 3.08. The average molecular weight is 133 g/mol. The number of amidine groups is 1. The second-order valence-corrected chi connectivity index (χ2v) is 1.91. The number of hydrogen-bond donors (Lipinski definition) is 1. The van der Waals surface area contributed by atoms with Gasteiger partial charge >= 0.3 is 5.84 Å². The van der Waals surface area contributed by atoms with Gasteiger partial charge in [-0.2, -0.15) is 0 Å². The van der Waals surface area contributed by atoms with Gasteiger partial charge in [0.25, 0.3) is 0 Å². The lowest BCUT2D eigenvalue weighted by atomic mass is 10.2. The molecule has 1 aromatic carbocycles. The Kier molecular flexibility index (Phi) is 1.88. The van der Waals surface area contributed by atoms with Gasteiger partial charge < -0.3 is 0 Å². The molecule has 0 aromatic heterocycles. The van der Waals surface area contributed by atoms with Crippen LogP contribution in [0.25, 0.3) is 0 Å². The van der Waals surface area contributed by atoms with Crippen molar-refractivity contribution in [1.82, 2.24) is 4.67 Å².